The van der Waals surface area contributed by atoms with Crippen LogP contribution in [0.2, 0.25) is 0 Å². The van der Waals surface area contributed by atoms with Crippen molar-refractivity contribution < 1.29 is 14.0 Å². The third-order valence-electron chi connectivity index (χ3n) is 5.41. The second kappa shape index (κ2) is 7.11. The molecule has 144 valence electrons. The molecule has 1 unspecified atom stereocenters. The first-order valence-electron chi connectivity index (χ1n) is 9.31. The van der Waals surface area contributed by atoms with Crippen molar-refractivity contribution in [3.05, 3.63) is 71.2 Å². The zero-order chi connectivity index (χ0) is 19.8. The number of aromatic nitrogens is 1. The molecule has 0 bridgehead atoms. The molecule has 4 rings (SSSR count). The van der Waals surface area contributed by atoms with Gasteiger partial charge in [0.15, 0.2) is 0 Å². The predicted octanol–water partition coefficient (Wildman–Crippen LogP) is 3.16. The molecule has 1 fully saturated rings. The first-order chi connectivity index (χ1) is 13.4. The summed E-state index contributed by atoms with van der Waals surface area (Å²) in [6.07, 6.45) is 0.274. The first-order valence-corrected chi connectivity index (χ1v) is 9.31. The smallest absolute Gasteiger partial charge is 0.268 e. The monoisotopic (exact) mass is 379 g/mol. The zero-order valence-electron chi connectivity index (χ0n) is 15.9. The van der Waals surface area contributed by atoms with Gasteiger partial charge in [-0.25, -0.2) is 4.39 Å². The van der Waals surface area contributed by atoms with Gasteiger partial charge in [-0.15, -0.1) is 0 Å². The van der Waals surface area contributed by atoms with Crippen molar-refractivity contribution in [2.45, 2.75) is 25.9 Å². The maximum absolute atomic E-state index is 13.1. The summed E-state index contributed by atoms with van der Waals surface area (Å²) >= 11 is 0. The molecule has 1 N–H and O–H groups in total. The van der Waals surface area contributed by atoms with Gasteiger partial charge < -0.3 is 14.8 Å². The standard InChI is InChI=1S/C22H22FN3O2/c1-14-18-5-3-4-6-19(18)25(2)21(14)22(28)24-17-11-20(27)26(13-17)12-15-7-9-16(23)10-8-15/h3-10,17H,11-13H2,1-2H3,(H,24,28). The summed E-state index contributed by atoms with van der Waals surface area (Å²) in [5.41, 5.74) is 3.42. The van der Waals surface area contributed by atoms with Crippen molar-refractivity contribution >= 4 is 22.7 Å². The Morgan fingerprint density at radius 3 is 2.61 bits per heavy atom. The summed E-state index contributed by atoms with van der Waals surface area (Å²) < 4.78 is 15.0. The van der Waals surface area contributed by atoms with Crippen LogP contribution in [0.25, 0.3) is 10.9 Å². The molecule has 0 radical (unpaired) electrons. The van der Waals surface area contributed by atoms with Crippen molar-refractivity contribution in [1.82, 2.24) is 14.8 Å². The predicted molar refractivity (Wildman–Crippen MR) is 105 cm³/mol. The molecule has 2 amide bonds. The molecule has 28 heavy (non-hydrogen) atoms. The number of likely N-dealkylation sites (tertiary alicyclic amines) is 1. The van der Waals surface area contributed by atoms with Crippen molar-refractivity contribution in [2.24, 2.45) is 7.05 Å². The Kier molecular flexibility index (Phi) is 4.63. The van der Waals surface area contributed by atoms with E-state index in [2.05, 4.69) is 5.32 Å². The van der Waals surface area contributed by atoms with E-state index in [0.717, 1.165) is 22.0 Å². The van der Waals surface area contributed by atoms with Gasteiger partial charge in [0.05, 0.1) is 6.04 Å². The molecule has 1 aromatic heterocycles. The van der Waals surface area contributed by atoms with Crippen molar-refractivity contribution in [3.8, 4) is 0 Å². The van der Waals surface area contributed by atoms with Gasteiger partial charge in [0.1, 0.15) is 11.5 Å². The molecule has 1 aliphatic rings. The molecule has 0 saturated carbocycles. The average molecular weight is 379 g/mol. The quantitative estimate of drug-likeness (QED) is 0.757. The number of aryl methyl sites for hydroxylation is 2. The Labute approximate surface area is 162 Å². The Bertz CT molecular complexity index is 1020. The molecule has 3 aromatic rings. The van der Waals surface area contributed by atoms with Gasteiger partial charge in [0.25, 0.3) is 5.91 Å². The van der Waals surface area contributed by atoms with E-state index in [1.165, 1.54) is 12.1 Å². The van der Waals surface area contributed by atoms with Crippen LogP contribution < -0.4 is 5.32 Å². The molecule has 5 nitrogen and oxygen atoms in total. The summed E-state index contributed by atoms with van der Waals surface area (Å²) in [6, 6.07) is 13.8. The Morgan fingerprint density at radius 1 is 1.18 bits per heavy atom. The van der Waals surface area contributed by atoms with E-state index in [1.54, 1.807) is 17.0 Å². The largest absolute Gasteiger partial charge is 0.346 e. The third kappa shape index (κ3) is 3.26. The fourth-order valence-electron chi connectivity index (χ4n) is 3.99. The molecule has 1 atom stereocenters. The van der Waals surface area contributed by atoms with Crippen molar-refractivity contribution in [3.63, 3.8) is 0 Å². The minimum absolute atomic E-state index is 0.0108. The lowest BCUT2D eigenvalue weighted by atomic mass is 10.1. The highest BCUT2D eigenvalue weighted by molar-refractivity contribution is 6.02. The maximum atomic E-state index is 13.1. The lowest BCUT2D eigenvalue weighted by molar-refractivity contribution is -0.128. The van der Waals surface area contributed by atoms with Crippen LogP contribution in [-0.2, 0) is 18.4 Å². The number of carbonyl (C=O) groups is 2. The number of nitrogens with one attached hydrogen (secondary N) is 1. The van der Waals surface area contributed by atoms with Gasteiger partial charge in [-0.3, -0.25) is 9.59 Å². The highest BCUT2D eigenvalue weighted by Gasteiger charge is 2.31. The van der Waals surface area contributed by atoms with Crippen LogP contribution in [0.15, 0.2) is 48.5 Å². The molecule has 0 aliphatic carbocycles. The Hall–Kier alpha value is -3.15. The van der Waals surface area contributed by atoms with Crippen LogP contribution in [0.5, 0.6) is 0 Å². The number of para-hydroxylation sites is 1. The summed E-state index contributed by atoms with van der Waals surface area (Å²) in [7, 11) is 1.88. The van der Waals surface area contributed by atoms with Crippen molar-refractivity contribution in [1.29, 1.82) is 0 Å². The molecule has 6 heteroatoms. The SMILES string of the molecule is Cc1c(C(=O)NC2CC(=O)N(Cc3ccc(F)cc3)C2)n(C)c2ccccc12. The number of rotatable bonds is 4. The molecule has 2 aromatic carbocycles. The van der Waals surface area contributed by atoms with Crippen LogP contribution in [0.4, 0.5) is 4.39 Å². The van der Waals surface area contributed by atoms with Crippen LogP contribution in [0.3, 0.4) is 0 Å². The van der Waals surface area contributed by atoms with Gasteiger partial charge in [0.2, 0.25) is 5.91 Å². The normalized spacial score (nSPS) is 16.8. The minimum atomic E-state index is -0.299. The molecular weight excluding hydrogens is 357 g/mol. The summed E-state index contributed by atoms with van der Waals surface area (Å²) in [4.78, 5) is 27.0. The summed E-state index contributed by atoms with van der Waals surface area (Å²) in [5, 5.41) is 4.06. The lowest BCUT2D eigenvalue weighted by Gasteiger charge is -2.17. The summed E-state index contributed by atoms with van der Waals surface area (Å²) in [5.74, 6) is -0.479. The molecular formula is C22H22FN3O2. The summed E-state index contributed by atoms with van der Waals surface area (Å²) in [6.45, 7) is 2.81. The number of fused-ring (bicyclic) bond motifs is 1. The molecule has 0 spiro atoms. The molecule has 2 heterocycles. The van der Waals surface area contributed by atoms with Gasteiger partial charge in [-0.2, -0.15) is 0 Å². The maximum Gasteiger partial charge on any atom is 0.268 e. The minimum Gasteiger partial charge on any atom is -0.346 e. The van der Waals surface area contributed by atoms with Gasteiger partial charge >= 0.3 is 0 Å². The van der Waals surface area contributed by atoms with E-state index < -0.39 is 0 Å². The first kappa shape index (κ1) is 18.2. The number of hydrogen-bond donors (Lipinski definition) is 1. The Morgan fingerprint density at radius 2 is 1.89 bits per heavy atom. The van der Waals surface area contributed by atoms with E-state index in [9.17, 15) is 14.0 Å². The van der Waals surface area contributed by atoms with E-state index in [0.29, 0.717) is 18.8 Å². The zero-order valence-corrected chi connectivity index (χ0v) is 15.9. The fourth-order valence-corrected chi connectivity index (χ4v) is 3.99. The number of nitrogens with zero attached hydrogens (tertiary/aromatic N) is 2. The highest BCUT2D eigenvalue weighted by Crippen LogP contribution is 2.25. The average Bonchev–Trinajstić information content (AvgIpc) is 3.14. The van der Waals surface area contributed by atoms with E-state index in [1.807, 2.05) is 42.8 Å². The number of amides is 2. The second-order valence-corrected chi connectivity index (χ2v) is 7.33. The van der Waals surface area contributed by atoms with E-state index in [4.69, 9.17) is 0 Å². The number of hydrogen-bond acceptors (Lipinski definition) is 2. The van der Waals surface area contributed by atoms with Gasteiger partial charge in [-0.1, -0.05) is 30.3 Å². The molecule has 1 saturated heterocycles. The topological polar surface area (TPSA) is 54.3 Å². The number of halogens is 1. The highest BCUT2D eigenvalue weighted by atomic mass is 19.1. The Balaban J connectivity index is 1.47. The van der Waals surface area contributed by atoms with Crippen LogP contribution in [0.1, 0.15) is 28.0 Å². The van der Waals surface area contributed by atoms with Gasteiger partial charge in [-0.05, 0) is 36.2 Å². The third-order valence-corrected chi connectivity index (χ3v) is 5.41. The van der Waals surface area contributed by atoms with Gasteiger partial charge in [0, 0.05) is 37.5 Å². The van der Waals surface area contributed by atoms with E-state index >= 15 is 0 Å². The second-order valence-electron chi connectivity index (χ2n) is 7.33. The van der Waals surface area contributed by atoms with Crippen molar-refractivity contribution in [2.75, 3.05) is 6.54 Å². The van der Waals surface area contributed by atoms with Crippen LogP contribution in [-0.4, -0.2) is 33.9 Å². The lowest BCUT2D eigenvalue weighted by Crippen LogP contribution is -2.38. The van der Waals surface area contributed by atoms with E-state index in [-0.39, 0.29) is 30.1 Å². The van der Waals surface area contributed by atoms with Crippen LogP contribution >= 0.6 is 0 Å². The number of benzene rings is 2. The number of carbonyl (C=O) groups excluding carboxylic acids is 2. The fraction of sp³-hybridized carbons (Fsp3) is 0.273. The molecule has 1 aliphatic heterocycles. The van der Waals surface area contributed by atoms with Crippen LogP contribution in [0, 0.1) is 12.7 Å².